The summed E-state index contributed by atoms with van der Waals surface area (Å²) in [6, 6.07) is 0. The summed E-state index contributed by atoms with van der Waals surface area (Å²) in [4.78, 5) is 0. The average molecular weight is 233 g/mol. The SMILES string of the molecule is CCC=C(CCC)c1c2c(nn1C)NCCC2. The first-order chi connectivity index (χ1) is 8.27. The van der Waals surface area contributed by atoms with E-state index >= 15 is 0 Å². The van der Waals surface area contributed by atoms with Gasteiger partial charge in [0.15, 0.2) is 5.82 Å². The Balaban J connectivity index is 2.42. The molecule has 0 amide bonds. The van der Waals surface area contributed by atoms with Crippen LogP contribution in [0.4, 0.5) is 5.82 Å². The normalized spacial score (nSPS) is 15.6. The van der Waals surface area contributed by atoms with E-state index in [9.17, 15) is 0 Å². The largest absolute Gasteiger partial charge is 0.368 e. The van der Waals surface area contributed by atoms with Gasteiger partial charge in [-0.3, -0.25) is 4.68 Å². The number of aryl methyl sites for hydroxylation is 1. The van der Waals surface area contributed by atoms with Crippen LogP contribution < -0.4 is 5.32 Å². The van der Waals surface area contributed by atoms with Crippen molar-refractivity contribution in [1.82, 2.24) is 9.78 Å². The van der Waals surface area contributed by atoms with Gasteiger partial charge in [-0.15, -0.1) is 0 Å². The molecule has 0 aliphatic carbocycles. The summed E-state index contributed by atoms with van der Waals surface area (Å²) in [7, 11) is 2.06. The maximum absolute atomic E-state index is 4.60. The van der Waals surface area contributed by atoms with Crippen LogP contribution in [0.15, 0.2) is 6.08 Å². The molecule has 0 saturated heterocycles. The zero-order valence-corrected chi connectivity index (χ0v) is 11.2. The Morgan fingerprint density at radius 2 is 2.29 bits per heavy atom. The molecule has 0 fully saturated rings. The molecule has 0 saturated carbocycles. The van der Waals surface area contributed by atoms with Crippen molar-refractivity contribution in [2.75, 3.05) is 11.9 Å². The molecule has 94 valence electrons. The van der Waals surface area contributed by atoms with Crippen LogP contribution in [0.2, 0.25) is 0 Å². The van der Waals surface area contributed by atoms with Crippen LogP contribution in [0.1, 0.15) is 50.8 Å². The molecule has 0 bridgehead atoms. The van der Waals surface area contributed by atoms with E-state index in [-0.39, 0.29) is 0 Å². The van der Waals surface area contributed by atoms with Crippen molar-refractivity contribution in [1.29, 1.82) is 0 Å². The second-order valence-corrected chi connectivity index (χ2v) is 4.72. The van der Waals surface area contributed by atoms with Crippen molar-refractivity contribution in [3.05, 3.63) is 17.3 Å². The van der Waals surface area contributed by atoms with Gasteiger partial charge in [0.25, 0.3) is 0 Å². The lowest BCUT2D eigenvalue weighted by molar-refractivity contribution is 0.751. The maximum atomic E-state index is 4.60. The minimum atomic E-state index is 1.06. The van der Waals surface area contributed by atoms with E-state index in [0.29, 0.717) is 0 Å². The molecule has 0 radical (unpaired) electrons. The summed E-state index contributed by atoms with van der Waals surface area (Å²) in [5, 5.41) is 8.01. The number of allylic oxidation sites excluding steroid dienone is 2. The molecule has 0 atom stereocenters. The van der Waals surface area contributed by atoms with Crippen molar-refractivity contribution in [3.8, 4) is 0 Å². The van der Waals surface area contributed by atoms with Crippen molar-refractivity contribution >= 4 is 11.4 Å². The van der Waals surface area contributed by atoms with Crippen molar-refractivity contribution in [3.63, 3.8) is 0 Å². The van der Waals surface area contributed by atoms with Crippen molar-refractivity contribution in [2.45, 2.75) is 46.0 Å². The van der Waals surface area contributed by atoms with Gasteiger partial charge in [-0.25, -0.2) is 0 Å². The molecule has 1 aromatic heterocycles. The Hall–Kier alpha value is -1.25. The van der Waals surface area contributed by atoms with Crippen molar-refractivity contribution < 1.29 is 0 Å². The third-order valence-electron chi connectivity index (χ3n) is 3.32. The highest BCUT2D eigenvalue weighted by atomic mass is 15.3. The summed E-state index contributed by atoms with van der Waals surface area (Å²) in [6.45, 7) is 5.51. The summed E-state index contributed by atoms with van der Waals surface area (Å²) >= 11 is 0. The van der Waals surface area contributed by atoms with E-state index in [1.807, 2.05) is 0 Å². The van der Waals surface area contributed by atoms with Gasteiger partial charge in [-0.1, -0.05) is 26.3 Å². The highest BCUT2D eigenvalue weighted by molar-refractivity contribution is 5.70. The van der Waals surface area contributed by atoms with Gasteiger partial charge in [0.05, 0.1) is 5.69 Å². The predicted octanol–water partition coefficient (Wildman–Crippen LogP) is 3.37. The number of rotatable bonds is 4. The van der Waals surface area contributed by atoms with E-state index in [1.165, 1.54) is 29.7 Å². The van der Waals surface area contributed by atoms with Gasteiger partial charge < -0.3 is 5.32 Å². The lowest BCUT2D eigenvalue weighted by Crippen LogP contribution is -2.11. The van der Waals surface area contributed by atoms with Gasteiger partial charge in [0.2, 0.25) is 0 Å². The van der Waals surface area contributed by atoms with Crippen molar-refractivity contribution in [2.24, 2.45) is 7.05 Å². The molecule has 1 aliphatic heterocycles. The zero-order valence-electron chi connectivity index (χ0n) is 11.2. The summed E-state index contributed by atoms with van der Waals surface area (Å²) in [6.07, 6.45) is 8.19. The van der Waals surface area contributed by atoms with E-state index in [2.05, 4.69) is 42.1 Å². The van der Waals surface area contributed by atoms with Gasteiger partial charge in [0.1, 0.15) is 0 Å². The first-order valence-electron chi connectivity index (χ1n) is 6.77. The van der Waals surface area contributed by atoms with Crippen LogP contribution in [0.5, 0.6) is 0 Å². The van der Waals surface area contributed by atoms with E-state index in [0.717, 1.165) is 31.6 Å². The second kappa shape index (κ2) is 5.39. The number of hydrogen-bond acceptors (Lipinski definition) is 2. The fraction of sp³-hybridized carbons (Fsp3) is 0.643. The van der Waals surface area contributed by atoms with E-state index in [4.69, 9.17) is 0 Å². The number of nitrogens with zero attached hydrogens (tertiary/aromatic N) is 2. The summed E-state index contributed by atoms with van der Waals surface area (Å²) in [5.74, 6) is 1.10. The Bertz CT molecular complexity index is 415. The minimum absolute atomic E-state index is 1.06. The maximum Gasteiger partial charge on any atom is 0.151 e. The quantitative estimate of drug-likeness (QED) is 0.864. The average Bonchev–Trinajstić information content (AvgIpc) is 2.64. The summed E-state index contributed by atoms with van der Waals surface area (Å²) in [5.41, 5.74) is 4.25. The number of anilines is 1. The molecular formula is C14H23N3. The molecule has 0 aromatic carbocycles. The Morgan fingerprint density at radius 1 is 1.47 bits per heavy atom. The minimum Gasteiger partial charge on any atom is -0.368 e. The molecule has 0 spiro atoms. The standard InChI is InChI=1S/C14H23N3/c1-4-7-11(8-5-2)13-12-9-6-10-15-14(12)16-17(13)3/h7H,4-6,8-10H2,1-3H3,(H,15,16). The highest BCUT2D eigenvalue weighted by Gasteiger charge is 2.20. The second-order valence-electron chi connectivity index (χ2n) is 4.72. The first kappa shape index (κ1) is 12.2. The number of fused-ring (bicyclic) bond motifs is 1. The van der Waals surface area contributed by atoms with Gasteiger partial charge in [-0.2, -0.15) is 5.10 Å². The predicted molar refractivity (Wildman–Crippen MR) is 73.2 cm³/mol. The lowest BCUT2D eigenvalue weighted by atomic mass is 9.98. The van der Waals surface area contributed by atoms with Crippen LogP contribution in [0.25, 0.3) is 5.57 Å². The first-order valence-corrected chi connectivity index (χ1v) is 6.77. The van der Waals surface area contributed by atoms with E-state index in [1.54, 1.807) is 0 Å². The van der Waals surface area contributed by atoms with Crippen LogP contribution >= 0.6 is 0 Å². The molecule has 1 N–H and O–H groups in total. The Kier molecular flexibility index (Phi) is 3.87. The lowest BCUT2D eigenvalue weighted by Gasteiger charge is -2.15. The topological polar surface area (TPSA) is 29.9 Å². The molecule has 3 heteroatoms. The molecular weight excluding hydrogens is 210 g/mol. The zero-order chi connectivity index (χ0) is 12.3. The Morgan fingerprint density at radius 3 is 3.00 bits per heavy atom. The van der Waals surface area contributed by atoms with Gasteiger partial charge >= 0.3 is 0 Å². The molecule has 0 unspecified atom stereocenters. The number of aromatic nitrogens is 2. The molecule has 1 aromatic rings. The van der Waals surface area contributed by atoms with E-state index < -0.39 is 0 Å². The van der Waals surface area contributed by atoms with Crippen LogP contribution in [0.3, 0.4) is 0 Å². The fourth-order valence-corrected chi connectivity index (χ4v) is 2.65. The molecule has 1 aliphatic rings. The fourth-order valence-electron chi connectivity index (χ4n) is 2.65. The third kappa shape index (κ3) is 2.38. The van der Waals surface area contributed by atoms with Crippen LogP contribution in [-0.2, 0) is 13.5 Å². The molecule has 2 heterocycles. The summed E-state index contributed by atoms with van der Waals surface area (Å²) < 4.78 is 2.06. The van der Waals surface area contributed by atoms with Crippen LogP contribution in [0, 0.1) is 0 Å². The monoisotopic (exact) mass is 233 g/mol. The molecule has 17 heavy (non-hydrogen) atoms. The molecule has 3 nitrogen and oxygen atoms in total. The van der Waals surface area contributed by atoms with Gasteiger partial charge in [0, 0.05) is 19.2 Å². The van der Waals surface area contributed by atoms with Crippen LogP contribution in [-0.4, -0.2) is 16.3 Å². The third-order valence-corrected chi connectivity index (χ3v) is 3.32. The van der Waals surface area contributed by atoms with Gasteiger partial charge in [-0.05, 0) is 31.3 Å². The smallest absolute Gasteiger partial charge is 0.151 e. The Labute approximate surface area is 104 Å². The molecule has 2 rings (SSSR count). The number of hydrogen-bond donors (Lipinski definition) is 1. The highest BCUT2D eigenvalue weighted by Crippen LogP contribution is 2.31. The number of nitrogens with one attached hydrogen (secondary N) is 1.